The molecule has 0 spiro atoms. The second-order valence-corrected chi connectivity index (χ2v) is 5.33. The summed E-state index contributed by atoms with van der Waals surface area (Å²) in [5.74, 6) is 0.967. The first-order valence-corrected chi connectivity index (χ1v) is 7.49. The number of aryl methyl sites for hydroxylation is 1. The molecule has 0 saturated carbocycles. The highest BCUT2D eigenvalue weighted by molar-refractivity contribution is 5.60. The van der Waals surface area contributed by atoms with E-state index in [1.54, 1.807) is 6.20 Å². The predicted molar refractivity (Wildman–Crippen MR) is 84.0 cm³/mol. The second-order valence-electron chi connectivity index (χ2n) is 5.33. The lowest BCUT2D eigenvalue weighted by Crippen LogP contribution is -2.43. The maximum absolute atomic E-state index is 6.00. The summed E-state index contributed by atoms with van der Waals surface area (Å²) in [6.07, 6.45) is 3.74. The Morgan fingerprint density at radius 2 is 2.14 bits per heavy atom. The van der Waals surface area contributed by atoms with Crippen molar-refractivity contribution in [3.8, 4) is 5.75 Å². The molecule has 0 amide bonds. The smallest absolute Gasteiger partial charge is 0.142 e. The molecule has 5 heteroatoms. The van der Waals surface area contributed by atoms with Gasteiger partial charge in [-0.25, -0.2) is 0 Å². The number of nitrogens with zero attached hydrogens (tertiary/aromatic N) is 3. The monoisotopic (exact) mass is 286 g/mol. The van der Waals surface area contributed by atoms with Crippen LogP contribution < -0.4 is 15.0 Å². The first-order chi connectivity index (χ1) is 10.3. The van der Waals surface area contributed by atoms with E-state index >= 15 is 0 Å². The average Bonchev–Trinajstić information content (AvgIpc) is 3.03. The highest BCUT2D eigenvalue weighted by Crippen LogP contribution is 2.29. The van der Waals surface area contributed by atoms with Crippen LogP contribution in [0.5, 0.6) is 5.75 Å². The van der Waals surface area contributed by atoms with Crippen molar-refractivity contribution in [3.05, 3.63) is 42.2 Å². The van der Waals surface area contributed by atoms with Gasteiger partial charge >= 0.3 is 0 Å². The van der Waals surface area contributed by atoms with E-state index in [1.807, 2.05) is 16.9 Å². The standard InChI is InChI=1S/C16H22N4O/c1-14-3-4-16(21-12-11-20-8-2-5-18-20)15(13-14)19-9-6-17-7-10-19/h2-5,8,13,17H,6-7,9-12H2,1H3. The minimum absolute atomic E-state index is 0.629. The number of hydrogen-bond acceptors (Lipinski definition) is 4. The molecule has 1 N–H and O–H groups in total. The van der Waals surface area contributed by atoms with E-state index in [1.165, 1.54) is 11.3 Å². The molecule has 0 aliphatic carbocycles. The summed E-state index contributed by atoms with van der Waals surface area (Å²) in [6, 6.07) is 8.33. The number of nitrogens with one attached hydrogen (secondary N) is 1. The third-order valence-corrected chi connectivity index (χ3v) is 3.71. The maximum atomic E-state index is 6.00. The van der Waals surface area contributed by atoms with E-state index in [4.69, 9.17) is 4.74 Å². The number of piperazine rings is 1. The minimum Gasteiger partial charge on any atom is -0.489 e. The van der Waals surface area contributed by atoms with Crippen molar-refractivity contribution < 1.29 is 4.74 Å². The number of hydrogen-bond donors (Lipinski definition) is 1. The fourth-order valence-electron chi connectivity index (χ4n) is 2.58. The molecule has 1 aromatic carbocycles. The fraction of sp³-hybridized carbons (Fsp3) is 0.438. The lowest BCUT2D eigenvalue weighted by Gasteiger charge is -2.31. The van der Waals surface area contributed by atoms with Gasteiger partial charge in [-0.05, 0) is 30.7 Å². The number of anilines is 1. The molecule has 0 radical (unpaired) electrons. The van der Waals surface area contributed by atoms with Crippen molar-refractivity contribution in [2.45, 2.75) is 13.5 Å². The molecule has 1 aromatic heterocycles. The lowest BCUT2D eigenvalue weighted by atomic mass is 10.1. The third kappa shape index (κ3) is 3.55. The zero-order valence-electron chi connectivity index (χ0n) is 12.5. The summed E-state index contributed by atoms with van der Waals surface area (Å²) in [5.41, 5.74) is 2.47. The van der Waals surface area contributed by atoms with Gasteiger partial charge in [0.15, 0.2) is 0 Å². The Bertz CT molecular complexity index is 562. The number of aromatic nitrogens is 2. The molecular weight excluding hydrogens is 264 g/mol. The van der Waals surface area contributed by atoms with E-state index in [9.17, 15) is 0 Å². The molecule has 0 atom stereocenters. The quantitative estimate of drug-likeness (QED) is 0.908. The predicted octanol–water partition coefficient (Wildman–Crippen LogP) is 1.68. The maximum Gasteiger partial charge on any atom is 0.142 e. The van der Waals surface area contributed by atoms with E-state index in [2.05, 4.69) is 40.4 Å². The van der Waals surface area contributed by atoms with Crippen LogP contribution in [-0.2, 0) is 6.54 Å². The first kappa shape index (κ1) is 13.9. The van der Waals surface area contributed by atoms with E-state index in [0.717, 1.165) is 38.5 Å². The molecule has 1 fully saturated rings. The Morgan fingerprint density at radius 3 is 2.90 bits per heavy atom. The van der Waals surface area contributed by atoms with E-state index in [-0.39, 0.29) is 0 Å². The molecule has 5 nitrogen and oxygen atoms in total. The van der Waals surface area contributed by atoms with Gasteiger partial charge in [-0.1, -0.05) is 6.07 Å². The molecule has 1 saturated heterocycles. The molecule has 3 rings (SSSR count). The van der Waals surface area contributed by atoms with Gasteiger partial charge in [-0.2, -0.15) is 5.10 Å². The summed E-state index contributed by atoms with van der Waals surface area (Å²) in [6.45, 7) is 7.63. The van der Waals surface area contributed by atoms with Crippen LogP contribution in [0.25, 0.3) is 0 Å². The summed E-state index contributed by atoms with van der Waals surface area (Å²) < 4.78 is 7.88. The van der Waals surface area contributed by atoms with Gasteiger partial charge in [-0.15, -0.1) is 0 Å². The fourth-order valence-corrected chi connectivity index (χ4v) is 2.58. The lowest BCUT2D eigenvalue weighted by molar-refractivity contribution is 0.291. The van der Waals surface area contributed by atoms with Crippen LogP contribution in [-0.4, -0.2) is 42.6 Å². The number of rotatable bonds is 5. The van der Waals surface area contributed by atoms with Crippen LogP contribution in [0.3, 0.4) is 0 Å². The second kappa shape index (κ2) is 6.63. The van der Waals surface area contributed by atoms with Gasteiger partial charge in [0.25, 0.3) is 0 Å². The zero-order valence-corrected chi connectivity index (χ0v) is 12.5. The Morgan fingerprint density at radius 1 is 1.29 bits per heavy atom. The minimum atomic E-state index is 0.629. The van der Waals surface area contributed by atoms with Crippen molar-refractivity contribution in [3.63, 3.8) is 0 Å². The number of benzene rings is 1. The number of ether oxygens (including phenoxy) is 1. The Balaban J connectivity index is 1.68. The van der Waals surface area contributed by atoms with E-state index < -0.39 is 0 Å². The molecule has 112 valence electrons. The summed E-state index contributed by atoms with van der Waals surface area (Å²) in [7, 11) is 0. The van der Waals surface area contributed by atoms with Gasteiger partial charge in [0.1, 0.15) is 12.4 Å². The van der Waals surface area contributed by atoms with Crippen LogP contribution in [0, 0.1) is 6.92 Å². The SMILES string of the molecule is Cc1ccc(OCCn2cccn2)c(N2CCNCC2)c1. The molecule has 2 aromatic rings. The van der Waals surface area contributed by atoms with Crippen molar-refractivity contribution in [1.82, 2.24) is 15.1 Å². The molecule has 2 heterocycles. The van der Waals surface area contributed by atoms with Crippen LogP contribution in [0.4, 0.5) is 5.69 Å². The average molecular weight is 286 g/mol. The van der Waals surface area contributed by atoms with Crippen molar-refractivity contribution in [2.24, 2.45) is 0 Å². The van der Waals surface area contributed by atoms with Crippen molar-refractivity contribution in [1.29, 1.82) is 0 Å². The highest BCUT2D eigenvalue weighted by Gasteiger charge is 2.15. The Hall–Kier alpha value is -2.01. The summed E-state index contributed by atoms with van der Waals surface area (Å²) in [5, 5.41) is 7.58. The molecule has 0 unspecified atom stereocenters. The Labute approximate surface area is 125 Å². The normalized spacial score (nSPS) is 15.2. The van der Waals surface area contributed by atoms with Crippen LogP contribution in [0.15, 0.2) is 36.7 Å². The largest absolute Gasteiger partial charge is 0.489 e. The molecular formula is C16H22N4O. The van der Waals surface area contributed by atoms with Crippen LogP contribution in [0.2, 0.25) is 0 Å². The Kier molecular flexibility index (Phi) is 4.40. The van der Waals surface area contributed by atoms with Gasteiger partial charge < -0.3 is 15.0 Å². The van der Waals surface area contributed by atoms with Crippen LogP contribution >= 0.6 is 0 Å². The van der Waals surface area contributed by atoms with Gasteiger partial charge in [0.2, 0.25) is 0 Å². The molecule has 21 heavy (non-hydrogen) atoms. The topological polar surface area (TPSA) is 42.3 Å². The van der Waals surface area contributed by atoms with Crippen molar-refractivity contribution in [2.75, 3.05) is 37.7 Å². The van der Waals surface area contributed by atoms with Gasteiger partial charge in [-0.3, -0.25) is 4.68 Å². The van der Waals surface area contributed by atoms with Crippen molar-refractivity contribution >= 4 is 5.69 Å². The van der Waals surface area contributed by atoms with Gasteiger partial charge in [0.05, 0.1) is 12.2 Å². The zero-order chi connectivity index (χ0) is 14.5. The third-order valence-electron chi connectivity index (χ3n) is 3.71. The molecule has 1 aliphatic heterocycles. The highest BCUT2D eigenvalue weighted by atomic mass is 16.5. The first-order valence-electron chi connectivity index (χ1n) is 7.49. The summed E-state index contributed by atoms with van der Waals surface area (Å²) in [4.78, 5) is 2.40. The molecule has 0 bridgehead atoms. The van der Waals surface area contributed by atoms with E-state index in [0.29, 0.717) is 6.61 Å². The van der Waals surface area contributed by atoms with Gasteiger partial charge in [0, 0.05) is 38.6 Å². The summed E-state index contributed by atoms with van der Waals surface area (Å²) >= 11 is 0. The molecule has 1 aliphatic rings. The van der Waals surface area contributed by atoms with Crippen LogP contribution in [0.1, 0.15) is 5.56 Å².